The first-order valence-electron chi connectivity index (χ1n) is 9.49. The summed E-state index contributed by atoms with van der Waals surface area (Å²) in [5.74, 6) is 0.790. The number of benzene rings is 2. The zero-order valence-electron chi connectivity index (χ0n) is 16.6. The number of aryl methyl sites for hydroxylation is 3. The Balaban J connectivity index is 1.53. The zero-order valence-corrected chi connectivity index (χ0v) is 16.6. The van der Waals surface area contributed by atoms with Gasteiger partial charge in [-0.05, 0) is 79.1 Å². The van der Waals surface area contributed by atoms with Crippen LogP contribution in [-0.4, -0.2) is 24.5 Å². The van der Waals surface area contributed by atoms with Crippen molar-refractivity contribution in [1.29, 1.82) is 0 Å². The number of hydrogen-bond donors (Lipinski definition) is 2. The van der Waals surface area contributed by atoms with Crippen LogP contribution in [0, 0.1) is 13.8 Å². The SMILES string of the molecule is COc1ccc(CCC(=O)NCCc2cc3cc(C)c(C)cc3[nH]c2=O)cc1. The van der Waals surface area contributed by atoms with E-state index < -0.39 is 0 Å². The molecule has 1 heterocycles. The molecule has 0 aliphatic carbocycles. The second-order valence-corrected chi connectivity index (χ2v) is 7.10. The van der Waals surface area contributed by atoms with Gasteiger partial charge in [0, 0.05) is 24.0 Å². The second-order valence-electron chi connectivity index (χ2n) is 7.10. The monoisotopic (exact) mass is 378 g/mol. The van der Waals surface area contributed by atoms with Crippen molar-refractivity contribution in [3.05, 3.63) is 75.1 Å². The Bertz CT molecular complexity index is 1040. The van der Waals surface area contributed by atoms with E-state index in [4.69, 9.17) is 4.74 Å². The van der Waals surface area contributed by atoms with Crippen LogP contribution in [0.25, 0.3) is 10.9 Å². The lowest BCUT2D eigenvalue weighted by Gasteiger charge is -2.08. The summed E-state index contributed by atoms with van der Waals surface area (Å²) in [6, 6.07) is 13.7. The largest absolute Gasteiger partial charge is 0.497 e. The second kappa shape index (κ2) is 8.74. The summed E-state index contributed by atoms with van der Waals surface area (Å²) in [6.45, 7) is 4.53. The fourth-order valence-electron chi connectivity index (χ4n) is 3.18. The number of aromatic nitrogens is 1. The molecule has 0 radical (unpaired) electrons. The van der Waals surface area contributed by atoms with Crippen LogP contribution in [0.5, 0.6) is 5.75 Å². The van der Waals surface area contributed by atoms with Gasteiger partial charge in [0.15, 0.2) is 0 Å². The van der Waals surface area contributed by atoms with E-state index in [1.54, 1.807) is 7.11 Å². The highest BCUT2D eigenvalue weighted by molar-refractivity contribution is 5.80. The average molecular weight is 378 g/mol. The van der Waals surface area contributed by atoms with Gasteiger partial charge in [0.05, 0.1) is 7.11 Å². The summed E-state index contributed by atoms with van der Waals surface area (Å²) in [5, 5.41) is 3.92. The topological polar surface area (TPSA) is 71.2 Å². The van der Waals surface area contributed by atoms with Crippen molar-refractivity contribution >= 4 is 16.8 Å². The lowest BCUT2D eigenvalue weighted by atomic mass is 10.0. The predicted octanol–water partition coefficient (Wildman–Crippen LogP) is 3.45. The van der Waals surface area contributed by atoms with E-state index in [1.807, 2.05) is 43.3 Å². The van der Waals surface area contributed by atoms with Gasteiger partial charge in [-0.2, -0.15) is 0 Å². The zero-order chi connectivity index (χ0) is 20.1. The Labute approximate surface area is 164 Å². The number of nitrogens with one attached hydrogen (secondary N) is 2. The maximum Gasteiger partial charge on any atom is 0.251 e. The molecule has 2 aromatic carbocycles. The Morgan fingerprint density at radius 1 is 1.04 bits per heavy atom. The molecule has 0 aliphatic rings. The number of methoxy groups -OCH3 is 1. The predicted molar refractivity (Wildman–Crippen MR) is 112 cm³/mol. The third-order valence-corrected chi connectivity index (χ3v) is 5.05. The molecule has 28 heavy (non-hydrogen) atoms. The highest BCUT2D eigenvalue weighted by Crippen LogP contribution is 2.17. The Kier molecular flexibility index (Phi) is 6.14. The van der Waals surface area contributed by atoms with Gasteiger partial charge in [0.25, 0.3) is 5.56 Å². The quantitative estimate of drug-likeness (QED) is 0.662. The summed E-state index contributed by atoms with van der Waals surface area (Å²) in [6.07, 6.45) is 1.59. The molecule has 1 aromatic heterocycles. The molecule has 0 spiro atoms. The van der Waals surface area contributed by atoms with Crippen LogP contribution in [0.3, 0.4) is 0 Å². The number of H-pyrrole nitrogens is 1. The maximum atomic E-state index is 12.3. The Morgan fingerprint density at radius 2 is 1.75 bits per heavy atom. The minimum atomic E-state index is -0.0942. The van der Waals surface area contributed by atoms with Crippen LogP contribution in [0.15, 0.2) is 47.3 Å². The van der Waals surface area contributed by atoms with Crippen molar-refractivity contribution in [2.45, 2.75) is 33.1 Å². The molecule has 5 heteroatoms. The smallest absolute Gasteiger partial charge is 0.251 e. The molecule has 0 saturated heterocycles. The summed E-state index contributed by atoms with van der Waals surface area (Å²) in [5.41, 5.74) is 4.87. The lowest BCUT2D eigenvalue weighted by Crippen LogP contribution is -2.27. The summed E-state index contributed by atoms with van der Waals surface area (Å²) < 4.78 is 5.13. The number of amides is 1. The van der Waals surface area contributed by atoms with Gasteiger partial charge < -0.3 is 15.0 Å². The maximum absolute atomic E-state index is 12.3. The summed E-state index contributed by atoms with van der Waals surface area (Å²) in [7, 11) is 1.63. The van der Waals surface area contributed by atoms with E-state index in [-0.39, 0.29) is 11.5 Å². The lowest BCUT2D eigenvalue weighted by molar-refractivity contribution is -0.121. The molecule has 0 aliphatic heterocycles. The van der Waals surface area contributed by atoms with E-state index >= 15 is 0 Å². The van der Waals surface area contributed by atoms with E-state index in [9.17, 15) is 9.59 Å². The van der Waals surface area contributed by atoms with Crippen molar-refractivity contribution in [3.63, 3.8) is 0 Å². The van der Waals surface area contributed by atoms with Crippen molar-refractivity contribution in [1.82, 2.24) is 10.3 Å². The highest BCUT2D eigenvalue weighted by atomic mass is 16.5. The van der Waals surface area contributed by atoms with E-state index in [0.29, 0.717) is 31.4 Å². The van der Waals surface area contributed by atoms with Crippen LogP contribution < -0.4 is 15.6 Å². The fourth-order valence-corrected chi connectivity index (χ4v) is 3.18. The minimum absolute atomic E-state index is 0.0143. The molecule has 0 unspecified atom stereocenters. The standard InChI is InChI=1S/C23H26N2O3/c1-15-12-19-14-18(23(27)25-21(19)13-16(15)2)10-11-24-22(26)9-6-17-4-7-20(28-3)8-5-17/h4-5,7-8,12-14H,6,9-11H2,1-3H3,(H,24,26)(H,25,27). The minimum Gasteiger partial charge on any atom is -0.497 e. The Morgan fingerprint density at radius 3 is 2.46 bits per heavy atom. The van der Waals surface area contributed by atoms with Crippen LogP contribution in [-0.2, 0) is 17.6 Å². The van der Waals surface area contributed by atoms with Crippen LogP contribution in [0.1, 0.15) is 28.7 Å². The van der Waals surface area contributed by atoms with E-state index in [1.165, 1.54) is 5.56 Å². The molecule has 146 valence electrons. The Hall–Kier alpha value is -3.08. The van der Waals surface area contributed by atoms with Gasteiger partial charge in [-0.3, -0.25) is 9.59 Å². The third kappa shape index (κ3) is 4.80. The van der Waals surface area contributed by atoms with Crippen molar-refractivity contribution in [2.24, 2.45) is 0 Å². The number of fused-ring (bicyclic) bond motifs is 1. The molecule has 3 aromatic rings. The molecule has 0 fully saturated rings. The molecule has 2 N–H and O–H groups in total. The molecule has 0 atom stereocenters. The van der Waals surface area contributed by atoms with Gasteiger partial charge >= 0.3 is 0 Å². The highest BCUT2D eigenvalue weighted by Gasteiger charge is 2.07. The van der Waals surface area contributed by atoms with Crippen LogP contribution in [0.4, 0.5) is 0 Å². The molecule has 1 amide bonds. The van der Waals surface area contributed by atoms with Gasteiger partial charge in [0.1, 0.15) is 5.75 Å². The van der Waals surface area contributed by atoms with Gasteiger partial charge in [-0.15, -0.1) is 0 Å². The molecule has 5 nitrogen and oxygen atoms in total. The van der Waals surface area contributed by atoms with E-state index in [2.05, 4.69) is 23.3 Å². The average Bonchev–Trinajstić information content (AvgIpc) is 2.69. The molecule has 0 bridgehead atoms. The first-order valence-corrected chi connectivity index (χ1v) is 9.49. The molecule has 0 saturated carbocycles. The normalized spacial score (nSPS) is 10.8. The molecule has 3 rings (SSSR count). The summed E-state index contributed by atoms with van der Waals surface area (Å²) in [4.78, 5) is 27.3. The van der Waals surface area contributed by atoms with Gasteiger partial charge in [-0.1, -0.05) is 12.1 Å². The van der Waals surface area contributed by atoms with Crippen molar-refractivity contribution < 1.29 is 9.53 Å². The van der Waals surface area contributed by atoms with Gasteiger partial charge in [0.2, 0.25) is 5.91 Å². The number of hydrogen-bond acceptors (Lipinski definition) is 3. The van der Waals surface area contributed by atoms with Crippen molar-refractivity contribution in [3.8, 4) is 5.75 Å². The molecular formula is C23H26N2O3. The molecular weight excluding hydrogens is 352 g/mol. The first kappa shape index (κ1) is 19.7. The number of ether oxygens (including phenoxy) is 1. The summed E-state index contributed by atoms with van der Waals surface area (Å²) >= 11 is 0. The first-order chi connectivity index (χ1) is 13.5. The number of carbonyl (C=O) groups is 1. The van der Waals surface area contributed by atoms with Crippen LogP contribution >= 0.6 is 0 Å². The van der Waals surface area contributed by atoms with E-state index in [0.717, 1.165) is 27.8 Å². The number of pyridine rings is 1. The third-order valence-electron chi connectivity index (χ3n) is 5.05. The number of carbonyl (C=O) groups excluding carboxylic acids is 1. The number of rotatable bonds is 7. The van der Waals surface area contributed by atoms with Gasteiger partial charge in [-0.25, -0.2) is 0 Å². The fraction of sp³-hybridized carbons (Fsp3) is 0.304. The number of aromatic amines is 1. The van der Waals surface area contributed by atoms with Crippen LogP contribution in [0.2, 0.25) is 0 Å². The van der Waals surface area contributed by atoms with Crippen molar-refractivity contribution in [2.75, 3.05) is 13.7 Å².